The second-order valence-electron chi connectivity index (χ2n) is 3.44. The first-order valence-electron chi connectivity index (χ1n) is 5.07. The number of hydrogen-bond donors (Lipinski definition) is 2. The molecule has 0 saturated carbocycles. The molecule has 2 N–H and O–H groups in total. The van der Waals surface area contributed by atoms with Crippen molar-refractivity contribution in [3.63, 3.8) is 0 Å². The molecule has 4 heteroatoms. The van der Waals surface area contributed by atoms with Crippen molar-refractivity contribution in [3.05, 3.63) is 0 Å². The molecule has 0 heterocycles. The Labute approximate surface area is 85.6 Å². The number of aliphatic hydroxyl groups excluding tert-OH is 1. The molecule has 14 heavy (non-hydrogen) atoms. The van der Waals surface area contributed by atoms with E-state index in [1.54, 1.807) is 7.11 Å². The van der Waals surface area contributed by atoms with Crippen LogP contribution in [0.5, 0.6) is 0 Å². The van der Waals surface area contributed by atoms with Gasteiger partial charge < -0.3 is 15.2 Å². The quantitative estimate of drug-likeness (QED) is 0.640. The molecular weight excluding hydrogens is 182 g/mol. The predicted octanol–water partition coefficient (Wildman–Crippen LogP) is 0.689. The van der Waals surface area contributed by atoms with Crippen LogP contribution < -0.4 is 5.32 Å². The van der Waals surface area contributed by atoms with E-state index in [2.05, 4.69) is 5.32 Å². The molecule has 84 valence electrons. The molecule has 0 aliphatic carbocycles. The van der Waals surface area contributed by atoms with Gasteiger partial charge in [-0.15, -0.1) is 0 Å². The number of amides is 1. The van der Waals surface area contributed by atoms with Crippen molar-refractivity contribution >= 4 is 5.91 Å². The lowest BCUT2D eigenvalue weighted by Crippen LogP contribution is -2.37. The molecule has 0 rings (SSSR count). The molecule has 0 aromatic heterocycles. The molecule has 0 saturated heterocycles. The lowest BCUT2D eigenvalue weighted by molar-refractivity contribution is -0.122. The van der Waals surface area contributed by atoms with E-state index >= 15 is 0 Å². The maximum Gasteiger partial charge on any atom is 0.220 e. The van der Waals surface area contributed by atoms with Gasteiger partial charge in [-0.25, -0.2) is 0 Å². The first-order chi connectivity index (χ1) is 6.63. The summed E-state index contributed by atoms with van der Waals surface area (Å²) in [6.45, 7) is 3.86. The molecule has 4 nitrogen and oxygen atoms in total. The molecular formula is C10H21NO3. The topological polar surface area (TPSA) is 58.6 Å². The van der Waals surface area contributed by atoms with Crippen LogP contribution in [0, 0.1) is 0 Å². The fourth-order valence-electron chi connectivity index (χ4n) is 1.03. The Hall–Kier alpha value is -0.610. The van der Waals surface area contributed by atoms with Crippen molar-refractivity contribution in [1.82, 2.24) is 5.32 Å². The van der Waals surface area contributed by atoms with Gasteiger partial charge in [-0.05, 0) is 19.8 Å². The second-order valence-corrected chi connectivity index (χ2v) is 3.44. The van der Waals surface area contributed by atoms with Crippen LogP contribution in [0.2, 0.25) is 0 Å². The van der Waals surface area contributed by atoms with Gasteiger partial charge in [0, 0.05) is 13.5 Å². The largest absolute Gasteiger partial charge is 0.394 e. The minimum atomic E-state index is -0.111. The third-order valence-corrected chi connectivity index (χ3v) is 2.26. The summed E-state index contributed by atoms with van der Waals surface area (Å²) in [5.74, 6) is -0.0187. The lowest BCUT2D eigenvalue weighted by atomic mass is 10.2. The van der Waals surface area contributed by atoms with Gasteiger partial charge in [0.15, 0.2) is 0 Å². The van der Waals surface area contributed by atoms with Crippen molar-refractivity contribution in [2.75, 3.05) is 13.7 Å². The van der Waals surface area contributed by atoms with Crippen LogP contribution in [-0.4, -0.2) is 36.9 Å². The number of ether oxygens (including phenoxy) is 1. The molecule has 0 aliphatic rings. The average Bonchev–Trinajstić information content (AvgIpc) is 2.22. The van der Waals surface area contributed by atoms with Gasteiger partial charge in [-0.3, -0.25) is 4.79 Å². The van der Waals surface area contributed by atoms with E-state index in [4.69, 9.17) is 9.84 Å². The van der Waals surface area contributed by atoms with Crippen LogP contribution in [0.1, 0.15) is 33.1 Å². The maximum atomic E-state index is 11.3. The number of carbonyl (C=O) groups is 1. The monoisotopic (exact) mass is 203 g/mol. The summed E-state index contributed by atoms with van der Waals surface area (Å²) in [7, 11) is 1.63. The predicted molar refractivity (Wildman–Crippen MR) is 55.0 cm³/mol. The smallest absolute Gasteiger partial charge is 0.220 e. The lowest BCUT2D eigenvalue weighted by Gasteiger charge is -2.14. The molecule has 0 bridgehead atoms. The average molecular weight is 203 g/mol. The van der Waals surface area contributed by atoms with Crippen LogP contribution in [-0.2, 0) is 9.53 Å². The minimum absolute atomic E-state index is 0.00205. The van der Waals surface area contributed by atoms with E-state index in [1.165, 1.54) is 0 Å². The summed E-state index contributed by atoms with van der Waals surface area (Å²) in [6.07, 6.45) is 2.02. The minimum Gasteiger partial charge on any atom is -0.394 e. The number of rotatable bonds is 7. The zero-order valence-corrected chi connectivity index (χ0v) is 9.25. The van der Waals surface area contributed by atoms with Crippen LogP contribution in [0.25, 0.3) is 0 Å². The number of aliphatic hydroxyl groups is 1. The summed E-state index contributed by atoms with van der Waals surface area (Å²) in [6, 6.07) is -0.111. The maximum absolute atomic E-state index is 11.3. The van der Waals surface area contributed by atoms with Crippen molar-refractivity contribution in [2.45, 2.75) is 45.3 Å². The van der Waals surface area contributed by atoms with Crippen molar-refractivity contribution < 1.29 is 14.6 Å². The molecule has 0 aromatic rings. The standard InChI is InChI=1S/C10H21NO3/c1-4-9(7-12)11-10(13)6-5-8(2)14-3/h8-9,12H,4-7H2,1-3H3,(H,11,13). The Bertz CT molecular complexity index is 157. The highest BCUT2D eigenvalue weighted by Crippen LogP contribution is 2.00. The molecule has 0 spiro atoms. The first kappa shape index (κ1) is 13.4. The summed E-state index contributed by atoms with van der Waals surface area (Å²) >= 11 is 0. The Balaban J connectivity index is 3.64. The Morgan fingerprint density at radius 3 is 2.64 bits per heavy atom. The van der Waals surface area contributed by atoms with Crippen molar-refractivity contribution in [1.29, 1.82) is 0 Å². The summed E-state index contributed by atoms with van der Waals surface area (Å²) in [4.78, 5) is 11.3. The number of carbonyl (C=O) groups excluding carboxylic acids is 1. The zero-order chi connectivity index (χ0) is 11.0. The summed E-state index contributed by atoms with van der Waals surface area (Å²) in [5, 5.41) is 11.6. The third kappa shape index (κ3) is 5.94. The highest BCUT2D eigenvalue weighted by Gasteiger charge is 2.10. The van der Waals surface area contributed by atoms with Gasteiger partial charge in [0.25, 0.3) is 0 Å². The third-order valence-electron chi connectivity index (χ3n) is 2.26. The molecule has 0 aromatic carbocycles. The fraction of sp³-hybridized carbons (Fsp3) is 0.900. The van der Waals surface area contributed by atoms with Gasteiger partial charge in [-0.2, -0.15) is 0 Å². The van der Waals surface area contributed by atoms with Crippen LogP contribution in [0.15, 0.2) is 0 Å². The number of hydrogen-bond acceptors (Lipinski definition) is 3. The summed E-state index contributed by atoms with van der Waals surface area (Å²) < 4.78 is 5.03. The van der Waals surface area contributed by atoms with Gasteiger partial charge >= 0.3 is 0 Å². The van der Waals surface area contributed by atoms with Gasteiger partial charge in [0.1, 0.15) is 0 Å². The number of nitrogens with one attached hydrogen (secondary N) is 1. The molecule has 0 radical (unpaired) electrons. The van der Waals surface area contributed by atoms with E-state index in [0.717, 1.165) is 6.42 Å². The highest BCUT2D eigenvalue weighted by molar-refractivity contribution is 5.76. The summed E-state index contributed by atoms with van der Waals surface area (Å²) in [5.41, 5.74) is 0. The van der Waals surface area contributed by atoms with Crippen molar-refractivity contribution in [3.8, 4) is 0 Å². The molecule has 0 fully saturated rings. The van der Waals surface area contributed by atoms with Crippen LogP contribution >= 0.6 is 0 Å². The fourth-order valence-corrected chi connectivity index (χ4v) is 1.03. The molecule has 2 unspecified atom stereocenters. The second kappa shape index (κ2) is 7.76. The van der Waals surface area contributed by atoms with E-state index in [0.29, 0.717) is 12.8 Å². The molecule has 0 aliphatic heterocycles. The Morgan fingerprint density at radius 1 is 1.57 bits per heavy atom. The highest BCUT2D eigenvalue weighted by atomic mass is 16.5. The number of methoxy groups -OCH3 is 1. The van der Waals surface area contributed by atoms with E-state index in [9.17, 15) is 4.79 Å². The van der Waals surface area contributed by atoms with Gasteiger partial charge in [0.2, 0.25) is 5.91 Å². The van der Waals surface area contributed by atoms with Crippen molar-refractivity contribution in [2.24, 2.45) is 0 Å². The van der Waals surface area contributed by atoms with Gasteiger partial charge in [0.05, 0.1) is 18.8 Å². The van der Waals surface area contributed by atoms with E-state index in [1.807, 2.05) is 13.8 Å². The molecule has 1 amide bonds. The SMILES string of the molecule is CCC(CO)NC(=O)CCC(C)OC. The first-order valence-corrected chi connectivity index (χ1v) is 5.07. The van der Waals surface area contributed by atoms with E-state index < -0.39 is 0 Å². The Morgan fingerprint density at radius 2 is 2.21 bits per heavy atom. The van der Waals surface area contributed by atoms with E-state index in [-0.39, 0.29) is 24.7 Å². The zero-order valence-electron chi connectivity index (χ0n) is 9.25. The van der Waals surface area contributed by atoms with Crippen LogP contribution in [0.3, 0.4) is 0 Å². The van der Waals surface area contributed by atoms with Gasteiger partial charge in [-0.1, -0.05) is 6.92 Å². The molecule has 2 atom stereocenters. The Kier molecular flexibility index (Phi) is 7.42. The van der Waals surface area contributed by atoms with Crippen LogP contribution in [0.4, 0.5) is 0 Å². The normalized spacial score (nSPS) is 14.9.